The summed E-state index contributed by atoms with van der Waals surface area (Å²) in [6.45, 7) is 1.20. The number of aldehydes is 1. The molecule has 6 N–H and O–H groups in total. The Balaban J connectivity index is 2.19. The summed E-state index contributed by atoms with van der Waals surface area (Å²) in [5.41, 5.74) is 8.17. The molecule has 11 nitrogen and oxygen atoms in total. The van der Waals surface area contributed by atoms with Crippen LogP contribution in [0.1, 0.15) is 24.1 Å². The van der Waals surface area contributed by atoms with E-state index in [0.29, 0.717) is 30.5 Å². The predicted molar refractivity (Wildman–Crippen MR) is 126 cm³/mol. The van der Waals surface area contributed by atoms with Crippen molar-refractivity contribution < 1.29 is 31.2 Å². The van der Waals surface area contributed by atoms with Crippen LogP contribution in [0.3, 0.4) is 0 Å². The second-order valence-corrected chi connectivity index (χ2v) is 9.35. The van der Waals surface area contributed by atoms with Gasteiger partial charge in [0.15, 0.2) is 5.96 Å². The molecule has 0 unspecified atom stereocenters. The van der Waals surface area contributed by atoms with Crippen molar-refractivity contribution in [3.05, 3.63) is 58.0 Å². The number of sulfonamides is 1. The standard InChI is InChI=1S/C21H25F3N6O5S/c1-13-7-8-17(29-36(34,35)16-6-2-4-14(10-16)21(22,23)24)19(33)30(13)11-18(32)28-15(12-31)5-3-9-27-20(25)26/h2,4,6-8,10,12,15,29H,3,5,9,11H2,1H3,(H,28,32)(H4,25,26,27)/t15-/m0/s1. The van der Waals surface area contributed by atoms with Crippen LogP contribution in [-0.2, 0) is 32.3 Å². The van der Waals surface area contributed by atoms with Gasteiger partial charge in [-0.25, -0.2) is 8.42 Å². The lowest BCUT2D eigenvalue weighted by molar-refractivity contribution is -0.137. The Bertz CT molecular complexity index is 1300. The number of nitrogens with zero attached hydrogens (tertiary/aromatic N) is 2. The topological polar surface area (TPSA) is 179 Å². The highest BCUT2D eigenvalue weighted by molar-refractivity contribution is 7.92. The summed E-state index contributed by atoms with van der Waals surface area (Å²) in [5, 5.41) is 2.45. The van der Waals surface area contributed by atoms with Crippen LogP contribution in [0.2, 0.25) is 0 Å². The van der Waals surface area contributed by atoms with E-state index in [9.17, 15) is 36.0 Å². The molecule has 0 aliphatic carbocycles. The number of aryl methyl sites for hydroxylation is 1. The quantitative estimate of drug-likeness (QED) is 0.143. The monoisotopic (exact) mass is 530 g/mol. The summed E-state index contributed by atoms with van der Waals surface area (Å²) in [6.07, 6.45) is -3.62. The number of nitrogens with two attached hydrogens (primary N) is 2. The molecule has 196 valence electrons. The zero-order valence-corrected chi connectivity index (χ0v) is 19.9. The molecule has 0 fully saturated rings. The van der Waals surface area contributed by atoms with Gasteiger partial charge < -0.3 is 26.1 Å². The van der Waals surface area contributed by atoms with Crippen molar-refractivity contribution in [3.63, 3.8) is 0 Å². The Kier molecular flexibility index (Phi) is 9.22. The van der Waals surface area contributed by atoms with Crippen LogP contribution in [0.5, 0.6) is 0 Å². The van der Waals surface area contributed by atoms with Crippen LogP contribution in [0.25, 0.3) is 0 Å². The van der Waals surface area contributed by atoms with Gasteiger partial charge >= 0.3 is 6.18 Å². The Labute approximate surface area is 204 Å². The molecule has 1 heterocycles. The van der Waals surface area contributed by atoms with Crippen LogP contribution in [0.4, 0.5) is 18.9 Å². The van der Waals surface area contributed by atoms with E-state index in [1.165, 1.54) is 13.0 Å². The number of hydrogen-bond donors (Lipinski definition) is 4. The third kappa shape index (κ3) is 7.83. The molecule has 1 aromatic heterocycles. The highest BCUT2D eigenvalue weighted by atomic mass is 32.2. The Morgan fingerprint density at radius 1 is 1.22 bits per heavy atom. The normalized spacial score (nSPS) is 12.4. The lowest BCUT2D eigenvalue weighted by atomic mass is 10.2. The SMILES string of the molecule is Cc1ccc(NS(=O)(=O)c2cccc(C(F)(F)F)c2)c(=O)n1CC(=O)N[C@H](C=O)CCCN=C(N)N. The minimum Gasteiger partial charge on any atom is -0.370 e. The Hall–Kier alpha value is -3.88. The zero-order valence-electron chi connectivity index (χ0n) is 19.1. The van der Waals surface area contributed by atoms with E-state index in [2.05, 4.69) is 10.3 Å². The molecule has 0 saturated heterocycles. The van der Waals surface area contributed by atoms with E-state index in [1.54, 1.807) is 0 Å². The number of aromatic nitrogens is 1. The number of carbonyl (C=O) groups excluding carboxylic acids is 2. The Morgan fingerprint density at radius 2 is 1.92 bits per heavy atom. The summed E-state index contributed by atoms with van der Waals surface area (Å²) in [6, 6.07) is 4.64. The molecule has 0 aliphatic heterocycles. The molecule has 0 radical (unpaired) electrons. The number of alkyl halides is 3. The van der Waals surface area contributed by atoms with Gasteiger partial charge in [-0.15, -0.1) is 0 Å². The van der Waals surface area contributed by atoms with Gasteiger partial charge in [-0.05, 0) is 50.1 Å². The fourth-order valence-corrected chi connectivity index (χ4v) is 4.18. The van der Waals surface area contributed by atoms with Crippen LogP contribution in [0.15, 0.2) is 51.1 Å². The summed E-state index contributed by atoms with van der Waals surface area (Å²) >= 11 is 0. The summed E-state index contributed by atoms with van der Waals surface area (Å²) in [7, 11) is -4.56. The van der Waals surface area contributed by atoms with Crippen LogP contribution < -0.4 is 27.1 Å². The van der Waals surface area contributed by atoms with Gasteiger partial charge in [-0.1, -0.05) is 6.07 Å². The van der Waals surface area contributed by atoms with Crippen molar-refractivity contribution in [3.8, 4) is 0 Å². The minimum absolute atomic E-state index is 0.111. The van der Waals surface area contributed by atoms with E-state index in [4.69, 9.17) is 11.5 Å². The van der Waals surface area contributed by atoms with Gasteiger partial charge in [0.1, 0.15) is 18.5 Å². The molecule has 0 spiro atoms. The third-order valence-electron chi connectivity index (χ3n) is 4.89. The molecule has 1 amide bonds. The smallest absolute Gasteiger partial charge is 0.370 e. The summed E-state index contributed by atoms with van der Waals surface area (Å²) < 4.78 is 67.1. The van der Waals surface area contributed by atoms with E-state index in [1.807, 2.05) is 4.72 Å². The lowest BCUT2D eigenvalue weighted by Gasteiger charge is -2.16. The number of hydrogen-bond acceptors (Lipinski definition) is 6. The number of aliphatic imine (C=N–C) groups is 1. The number of pyridine rings is 1. The molecule has 15 heteroatoms. The lowest BCUT2D eigenvalue weighted by Crippen LogP contribution is -2.40. The third-order valence-corrected chi connectivity index (χ3v) is 6.25. The predicted octanol–water partition coefficient (Wildman–Crippen LogP) is 0.714. The molecule has 1 atom stereocenters. The molecular formula is C21H25F3N6O5S. The first kappa shape index (κ1) is 28.4. The number of benzene rings is 1. The highest BCUT2D eigenvalue weighted by Crippen LogP contribution is 2.30. The number of carbonyl (C=O) groups is 2. The highest BCUT2D eigenvalue weighted by Gasteiger charge is 2.32. The van der Waals surface area contributed by atoms with Crippen molar-refractivity contribution in [2.45, 2.75) is 43.4 Å². The minimum atomic E-state index is -4.76. The van der Waals surface area contributed by atoms with Gasteiger partial charge in [0.05, 0.1) is 16.5 Å². The summed E-state index contributed by atoms with van der Waals surface area (Å²) in [4.78, 5) is 39.6. The van der Waals surface area contributed by atoms with Crippen molar-refractivity contribution in [1.29, 1.82) is 0 Å². The van der Waals surface area contributed by atoms with E-state index in [-0.39, 0.29) is 18.9 Å². The number of rotatable bonds is 11. The van der Waals surface area contributed by atoms with Crippen molar-refractivity contribution in [2.75, 3.05) is 11.3 Å². The van der Waals surface area contributed by atoms with E-state index < -0.39 is 56.4 Å². The van der Waals surface area contributed by atoms with Crippen LogP contribution >= 0.6 is 0 Å². The first-order valence-electron chi connectivity index (χ1n) is 10.4. The molecule has 2 aromatic rings. The largest absolute Gasteiger partial charge is 0.416 e. The fourth-order valence-electron chi connectivity index (χ4n) is 3.08. The van der Waals surface area contributed by atoms with Crippen molar-refractivity contribution >= 4 is 33.9 Å². The molecule has 0 aliphatic rings. The molecule has 36 heavy (non-hydrogen) atoms. The van der Waals surface area contributed by atoms with Gasteiger partial charge in [0, 0.05) is 12.2 Å². The maximum absolute atomic E-state index is 13.0. The number of halogens is 3. The molecular weight excluding hydrogens is 505 g/mol. The van der Waals surface area contributed by atoms with Crippen molar-refractivity contribution in [1.82, 2.24) is 9.88 Å². The first-order chi connectivity index (χ1) is 16.7. The van der Waals surface area contributed by atoms with Gasteiger partial charge in [-0.2, -0.15) is 13.2 Å². The number of guanidine groups is 1. The molecule has 2 rings (SSSR count). The molecule has 1 aromatic carbocycles. The van der Waals surface area contributed by atoms with Gasteiger partial charge in [0.2, 0.25) is 5.91 Å². The maximum atomic E-state index is 13.0. The van der Waals surface area contributed by atoms with Crippen LogP contribution in [0, 0.1) is 6.92 Å². The second-order valence-electron chi connectivity index (χ2n) is 7.67. The second kappa shape index (κ2) is 11.7. The number of amides is 1. The fraction of sp³-hybridized carbons (Fsp3) is 0.333. The Morgan fingerprint density at radius 3 is 2.53 bits per heavy atom. The average molecular weight is 531 g/mol. The van der Waals surface area contributed by atoms with Gasteiger partial charge in [0.25, 0.3) is 15.6 Å². The zero-order chi connectivity index (χ0) is 27.1. The van der Waals surface area contributed by atoms with Crippen molar-refractivity contribution in [2.24, 2.45) is 16.5 Å². The maximum Gasteiger partial charge on any atom is 0.416 e. The molecule has 0 bridgehead atoms. The number of nitrogens with one attached hydrogen (secondary N) is 2. The van der Waals surface area contributed by atoms with Crippen LogP contribution in [-0.4, -0.2) is 43.7 Å². The number of anilines is 1. The van der Waals surface area contributed by atoms with E-state index >= 15 is 0 Å². The van der Waals surface area contributed by atoms with Gasteiger partial charge in [-0.3, -0.25) is 19.3 Å². The summed E-state index contributed by atoms with van der Waals surface area (Å²) in [5.74, 6) is -0.808. The average Bonchev–Trinajstić information content (AvgIpc) is 2.80. The first-order valence-corrected chi connectivity index (χ1v) is 11.9. The van der Waals surface area contributed by atoms with E-state index in [0.717, 1.165) is 22.8 Å². The molecule has 0 saturated carbocycles.